The molecular weight excluding hydrogens is 1120 g/mol. The van der Waals surface area contributed by atoms with E-state index >= 15 is 0 Å². The average Bonchev–Trinajstić information content (AvgIpc) is 1.63. The quantitative estimate of drug-likeness (QED) is 0.0125. The van der Waals surface area contributed by atoms with Crippen molar-refractivity contribution in [1.82, 2.24) is 4.58 Å². The third-order valence-electron chi connectivity index (χ3n) is 20.5. The standard InChI is InChI=1S/C84H111N2O5/c1-6-7-8-9-10-11-12-13-14-19-22-25-28-31-34-41-56-90-82(88)66-51-47-65(48-52-66)60-85-61-83(2,3)76-78(85)71-46-39-38-45-70(71)74-59-75-72-57-67-43-36-37-44-68(67)58-73(72)79-77(81(75)91-80(74)76)84(4,5)62-86(79)69-53-49-64(50-54-69)42-35-32-29-26-23-20-17-15-16-18-21-24-27-30-33-40-55-89-63-87/h36-39,43-54,57-59,63H,6-35,40-42,55-56,60-62H2,1-5H3/q+1. The third kappa shape index (κ3) is 17.6. The Morgan fingerprint density at radius 3 is 1.57 bits per heavy atom. The van der Waals surface area contributed by atoms with E-state index in [2.05, 4.69) is 147 Å². The first kappa shape index (κ1) is 67.4. The van der Waals surface area contributed by atoms with E-state index in [1.165, 1.54) is 263 Å². The molecule has 0 bridgehead atoms. The molecule has 3 aliphatic heterocycles. The number of unbranched alkanes of at least 4 members (excludes halogenated alkanes) is 30. The summed E-state index contributed by atoms with van der Waals surface area (Å²) in [5.41, 5.74) is 8.99. The summed E-state index contributed by atoms with van der Waals surface area (Å²) in [4.78, 5) is 26.2. The Kier molecular flexibility index (Phi) is 25.1. The third-order valence-corrected chi connectivity index (χ3v) is 20.5. The molecule has 7 nitrogen and oxygen atoms in total. The number of hydrogen-bond donors (Lipinski definition) is 0. The number of esters is 1. The van der Waals surface area contributed by atoms with Gasteiger partial charge in [0.15, 0.2) is 13.1 Å². The number of carbonyl (C=O) groups is 2. The molecule has 486 valence electrons. The van der Waals surface area contributed by atoms with Crippen LogP contribution in [0.5, 0.6) is 11.5 Å². The van der Waals surface area contributed by atoms with Gasteiger partial charge in [0.25, 0.3) is 6.47 Å². The van der Waals surface area contributed by atoms with Crippen LogP contribution >= 0.6 is 0 Å². The summed E-state index contributed by atoms with van der Waals surface area (Å²) in [5.74, 6) is 1.75. The largest absolute Gasteiger partial charge is 0.468 e. The molecule has 7 aromatic rings. The highest BCUT2D eigenvalue weighted by Crippen LogP contribution is 2.56. The van der Waals surface area contributed by atoms with Crippen LogP contribution in [0.4, 0.5) is 11.4 Å². The van der Waals surface area contributed by atoms with Crippen LogP contribution in [0.15, 0.2) is 109 Å². The molecule has 7 heteroatoms. The van der Waals surface area contributed by atoms with E-state index < -0.39 is 0 Å². The first-order chi connectivity index (χ1) is 44.6. The van der Waals surface area contributed by atoms with Crippen LogP contribution in [0.2, 0.25) is 0 Å². The molecule has 0 N–H and O–H groups in total. The SMILES string of the molecule is CCCCCCCCCCCCCCCCCCOC(=O)c1ccc(C[N+]2=c3c(c4c(c5ccccc35)=Cc3c(c5c(c6cc7ccccc7cc36)N(c3ccc(CCCCCCCCCCCCCCCCCCOC=O)cc3)CC5(C)C)O4)C(C)(C)C2)cc1. The fraction of sp³-hybridized carbons (Fsp3) is 0.536. The van der Waals surface area contributed by atoms with Crippen molar-refractivity contribution in [2.75, 3.05) is 31.2 Å². The number of rotatable bonds is 41. The topological polar surface area (TPSA) is 68.1 Å². The molecule has 0 aliphatic carbocycles. The predicted octanol–water partition coefficient (Wildman–Crippen LogP) is 21.9. The minimum Gasteiger partial charge on any atom is -0.468 e. The van der Waals surface area contributed by atoms with Crippen molar-refractivity contribution in [2.24, 2.45) is 0 Å². The Hall–Kier alpha value is -6.47. The molecule has 0 radical (unpaired) electrons. The Morgan fingerprint density at radius 1 is 0.516 bits per heavy atom. The number of ether oxygens (including phenoxy) is 3. The van der Waals surface area contributed by atoms with Crippen molar-refractivity contribution >= 4 is 62.2 Å². The van der Waals surface area contributed by atoms with Gasteiger partial charge in [-0.15, -0.1) is 0 Å². The van der Waals surface area contributed by atoms with E-state index in [1.807, 2.05) is 12.1 Å². The van der Waals surface area contributed by atoms with Gasteiger partial charge >= 0.3 is 5.97 Å². The van der Waals surface area contributed by atoms with Gasteiger partial charge < -0.3 is 19.1 Å². The summed E-state index contributed by atoms with van der Waals surface area (Å²) in [6.45, 7) is 15.9. The second-order valence-corrected chi connectivity index (χ2v) is 28.9. The predicted molar refractivity (Wildman–Crippen MR) is 383 cm³/mol. The molecule has 10 rings (SSSR count). The van der Waals surface area contributed by atoms with E-state index in [0.29, 0.717) is 25.2 Å². The highest BCUT2D eigenvalue weighted by Gasteiger charge is 2.46. The molecule has 0 saturated carbocycles. The van der Waals surface area contributed by atoms with Gasteiger partial charge in [-0.25, -0.2) is 9.37 Å². The fourth-order valence-electron chi connectivity index (χ4n) is 15.5. The van der Waals surface area contributed by atoms with Crippen molar-refractivity contribution in [2.45, 2.75) is 264 Å². The van der Waals surface area contributed by atoms with Gasteiger partial charge in [-0.05, 0) is 115 Å². The van der Waals surface area contributed by atoms with Crippen molar-refractivity contribution in [1.29, 1.82) is 0 Å². The first-order valence-electron chi connectivity index (χ1n) is 36.6. The first-order valence-corrected chi connectivity index (χ1v) is 36.6. The fourth-order valence-corrected chi connectivity index (χ4v) is 15.5. The van der Waals surface area contributed by atoms with Gasteiger partial charge in [0.2, 0.25) is 5.36 Å². The van der Waals surface area contributed by atoms with Crippen LogP contribution in [0.1, 0.15) is 278 Å². The number of benzene rings is 7. The van der Waals surface area contributed by atoms with Gasteiger partial charge in [-0.2, -0.15) is 0 Å². The zero-order valence-corrected chi connectivity index (χ0v) is 56.9. The molecule has 0 saturated heterocycles. The van der Waals surface area contributed by atoms with E-state index in [-0.39, 0.29) is 16.8 Å². The second-order valence-electron chi connectivity index (χ2n) is 28.9. The van der Waals surface area contributed by atoms with Gasteiger partial charge in [0, 0.05) is 44.9 Å². The smallest absolute Gasteiger partial charge is 0.338 e. The van der Waals surface area contributed by atoms with Crippen LogP contribution in [-0.4, -0.2) is 38.7 Å². The number of anilines is 2. The maximum absolute atomic E-state index is 13.3. The van der Waals surface area contributed by atoms with Gasteiger partial charge in [0.05, 0.1) is 40.8 Å². The molecule has 3 heterocycles. The minimum atomic E-state index is -0.228. The molecule has 0 amide bonds. The molecule has 0 atom stereocenters. The summed E-state index contributed by atoms with van der Waals surface area (Å²) in [7, 11) is 0. The summed E-state index contributed by atoms with van der Waals surface area (Å²) in [6.07, 6.45) is 45.7. The summed E-state index contributed by atoms with van der Waals surface area (Å²) in [6, 6.07) is 40.3. The van der Waals surface area contributed by atoms with Crippen molar-refractivity contribution in [3.05, 3.63) is 153 Å². The lowest BCUT2D eigenvalue weighted by Crippen LogP contribution is -2.30. The van der Waals surface area contributed by atoms with Gasteiger partial charge in [0.1, 0.15) is 11.5 Å². The highest BCUT2D eigenvalue weighted by atomic mass is 16.5. The lowest BCUT2D eigenvalue weighted by atomic mass is 9.80. The highest BCUT2D eigenvalue weighted by molar-refractivity contribution is 6.12. The molecule has 0 unspecified atom stereocenters. The van der Waals surface area contributed by atoms with Crippen molar-refractivity contribution in [3.8, 4) is 11.5 Å². The van der Waals surface area contributed by atoms with E-state index in [1.54, 1.807) is 0 Å². The Bertz CT molecular complexity index is 3610. The lowest BCUT2D eigenvalue weighted by Gasteiger charge is -2.28. The average molecular weight is 1230 g/mol. The Morgan fingerprint density at radius 2 is 1.01 bits per heavy atom. The molecule has 0 fully saturated rings. The number of fused-ring (bicyclic) bond motifs is 13. The maximum atomic E-state index is 13.3. The minimum absolute atomic E-state index is 0.217. The zero-order chi connectivity index (χ0) is 63.3. The lowest BCUT2D eigenvalue weighted by molar-refractivity contribution is -0.128. The zero-order valence-electron chi connectivity index (χ0n) is 56.9. The molecular formula is C84H111N2O5+. The second kappa shape index (κ2) is 33.9. The number of nitrogens with zero attached hydrogens (tertiary/aromatic N) is 2. The Labute approximate surface area is 547 Å². The normalized spacial score (nSPS) is 14.3. The molecule has 0 aromatic heterocycles. The molecule has 91 heavy (non-hydrogen) atoms. The van der Waals surface area contributed by atoms with Crippen LogP contribution in [0, 0.1) is 0 Å². The van der Waals surface area contributed by atoms with E-state index in [4.69, 9.17) is 14.2 Å². The van der Waals surface area contributed by atoms with Gasteiger partial charge in [-0.1, -0.05) is 274 Å². The van der Waals surface area contributed by atoms with Gasteiger partial charge in [-0.3, -0.25) is 4.79 Å². The van der Waals surface area contributed by atoms with E-state index in [0.717, 1.165) is 62.0 Å². The molecule has 0 spiro atoms. The molecule has 7 aromatic carbocycles. The van der Waals surface area contributed by atoms with Crippen LogP contribution < -0.4 is 24.8 Å². The summed E-state index contributed by atoms with van der Waals surface area (Å²) < 4.78 is 20.9. The summed E-state index contributed by atoms with van der Waals surface area (Å²) in [5, 5.41) is 9.84. The van der Waals surface area contributed by atoms with Crippen LogP contribution in [-0.2, 0) is 38.1 Å². The summed E-state index contributed by atoms with van der Waals surface area (Å²) >= 11 is 0. The number of carbonyl (C=O) groups excluding carboxylic acids is 2. The molecule has 3 aliphatic rings. The van der Waals surface area contributed by atoms with Crippen molar-refractivity contribution in [3.63, 3.8) is 0 Å². The Balaban J connectivity index is 0.777. The van der Waals surface area contributed by atoms with Crippen LogP contribution in [0.3, 0.4) is 0 Å². The van der Waals surface area contributed by atoms with Crippen LogP contribution in [0.25, 0.3) is 38.4 Å². The monoisotopic (exact) mass is 1230 g/mol. The van der Waals surface area contributed by atoms with E-state index in [9.17, 15) is 9.59 Å². The number of hydrogen-bond acceptors (Lipinski definition) is 6. The number of aryl methyl sites for hydroxylation is 1. The van der Waals surface area contributed by atoms with Crippen molar-refractivity contribution < 1.29 is 23.8 Å². The maximum Gasteiger partial charge on any atom is 0.338 e.